The highest BCUT2D eigenvalue weighted by molar-refractivity contribution is 5.92. The molecule has 1 saturated heterocycles. The minimum absolute atomic E-state index is 0.0121. The molecule has 0 radical (unpaired) electrons. The molecule has 0 aromatic carbocycles. The smallest absolute Gasteiger partial charge is 0.229 e. The highest BCUT2D eigenvalue weighted by Crippen LogP contribution is 2.12. The first-order chi connectivity index (χ1) is 7.25. The molecule has 0 bridgehead atoms. The fourth-order valence-corrected chi connectivity index (χ4v) is 1.63. The van der Waals surface area contributed by atoms with Gasteiger partial charge in [-0.1, -0.05) is 6.07 Å². The van der Waals surface area contributed by atoms with Gasteiger partial charge in [-0.2, -0.15) is 0 Å². The van der Waals surface area contributed by atoms with E-state index in [1.807, 2.05) is 0 Å². The van der Waals surface area contributed by atoms with Crippen LogP contribution in [0.3, 0.4) is 0 Å². The van der Waals surface area contributed by atoms with Crippen LogP contribution >= 0.6 is 0 Å². The number of amides is 1. The van der Waals surface area contributed by atoms with Gasteiger partial charge in [0.05, 0.1) is 5.92 Å². The van der Waals surface area contributed by atoms with E-state index in [0.29, 0.717) is 11.6 Å². The van der Waals surface area contributed by atoms with Crippen molar-refractivity contribution in [3.05, 3.63) is 18.2 Å². The lowest BCUT2D eigenvalue weighted by Crippen LogP contribution is -2.25. The van der Waals surface area contributed by atoms with Crippen LogP contribution in [0.1, 0.15) is 6.42 Å². The topological polar surface area (TPSA) is 80.0 Å². The molecule has 15 heavy (non-hydrogen) atoms. The molecule has 0 spiro atoms. The summed E-state index contributed by atoms with van der Waals surface area (Å²) in [6, 6.07) is 5.19. The van der Waals surface area contributed by atoms with Gasteiger partial charge in [0.15, 0.2) is 0 Å². The number of anilines is 2. The van der Waals surface area contributed by atoms with Gasteiger partial charge in [0, 0.05) is 6.54 Å². The molecule has 4 N–H and O–H groups in total. The number of nitrogens with two attached hydrogens (primary N) is 1. The van der Waals surface area contributed by atoms with Crippen LogP contribution in [0.5, 0.6) is 0 Å². The number of hydrogen-bond acceptors (Lipinski definition) is 4. The van der Waals surface area contributed by atoms with E-state index in [0.717, 1.165) is 19.5 Å². The third kappa shape index (κ3) is 2.44. The highest BCUT2D eigenvalue weighted by Gasteiger charge is 2.22. The van der Waals surface area contributed by atoms with Crippen molar-refractivity contribution in [2.75, 3.05) is 24.1 Å². The largest absolute Gasteiger partial charge is 0.384 e. The number of rotatable bonds is 2. The van der Waals surface area contributed by atoms with Gasteiger partial charge in [-0.15, -0.1) is 0 Å². The van der Waals surface area contributed by atoms with Crippen LogP contribution < -0.4 is 16.4 Å². The molecule has 1 atom stereocenters. The number of hydrogen-bond donors (Lipinski definition) is 3. The maximum absolute atomic E-state index is 11.7. The van der Waals surface area contributed by atoms with Crippen LogP contribution in [0.4, 0.5) is 11.6 Å². The first kappa shape index (κ1) is 9.92. The summed E-state index contributed by atoms with van der Waals surface area (Å²) in [5, 5.41) is 5.90. The van der Waals surface area contributed by atoms with Crippen molar-refractivity contribution in [1.29, 1.82) is 0 Å². The zero-order chi connectivity index (χ0) is 10.7. The van der Waals surface area contributed by atoms with Crippen molar-refractivity contribution in [3.8, 4) is 0 Å². The number of carbonyl (C=O) groups is 1. The monoisotopic (exact) mass is 206 g/mol. The van der Waals surface area contributed by atoms with Gasteiger partial charge in [0.25, 0.3) is 0 Å². The van der Waals surface area contributed by atoms with Gasteiger partial charge < -0.3 is 16.4 Å². The Morgan fingerprint density at radius 2 is 2.47 bits per heavy atom. The predicted molar refractivity (Wildman–Crippen MR) is 58.3 cm³/mol. The molecule has 1 fully saturated rings. The standard InChI is InChI=1S/C10H14N4O/c11-8-2-1-3-9(13-8)14-10(15)7-4-5-12-6-7/h1-3,7,12H,4-6H2,(H3,11,13,14,15). The quantitative estimate of drug-likeness (QED) is 0.646. The Labute approximate surface area is 88.1 Å². The molecule has 1 aromatic rings. The van der Waals surface area contributed by atoms with Gasteiger partial charge in [-0.25, -0.2) is 4.98 Å². The lowest BCUT2D eigenvalue weighted by molar-refractivity contribution is -0.119. The average molecular weight is 206 g/mol. The molecule has 2 rings (SSSR count). The summed E-state index contributed by atoms with van der Waals surface area (Å²) >= 11 is 0. The number of carbonyl (C=O) groups excluding carboxylic acids is 1. The van der Waals surface area contributed by atoms with Gasteiger partial charge >= 0.3 is 0 Å². The molecular formula is C10H14N4O. The minimum Gasteiger partial charge on any atom is -0.384 e. The van der Waals surface area contributed by atoms with Crippen molar-refractivity contribution in [3.63, 3.8) is 0 Å². The first-order valence-electron chi connectivity index (χ1n) is 5.00. The molecule has 1 aliphatic heterocycles. The number of nitrogens with zero attached hydrogens (tertiary/aromatic N) is 1. The molecule has 1 aliphatic rings. The van der Waals surface area contributed by atoms with Gasteiger partial charge in [0.1, 0.15) is 11.6 Å². The summed E-state index contributed by atoms with van der Waals surface area (Å²) in [6.07, 6.45) is 0.883. The second kappa shape index (κ2) is 4.27. The summed E-state index contributed by atoms with van der Waals surface area (Å²) in [4.78, 5) is 15.7. The van der Waals surface area contributed by atoms with Crippen LogP contribution in [-0.4, -0.2) is 24.0 Å². The van der Waals surface area contributed by atoms with E-state index < -0.39 is 0 Å². The van der Waals surface area contributed by atoms with Crippen molar-refractivity contribution < 1.29 is 4.79 Å². The molecule has 1 amide bonds. The second-order valence-electron chi connectivity index (χ2n) is 3.63. The number of nitrogens with one attached hydrogen (secondary N) is 2. The van der Waals surface area contributed by atoms with Crippen molar-refractivity contribution in [2.24, 2.45) is 5.92 Å². The Bertz CT molecular complexity index is 360. The maximum atomic E-state index is 11.7. The normalized spacial score (nSPS) is 20.1. The third-order valence-electron chi connectivity index (χ3n) is 2.45. The van der Waals surface area contributed by atoms with E-state index >= 15 is 0 Å². The molecule has 2 heterocycles. The first-order valence-corrected chi connectivity index (χ1v) is 5.00. The number of nitrogen functional groups attached to an aromatic ring is 1. The molecule has 0 saturated carbocycles. The van der Waals surface area contributed by atoms with Crippen LogP contribution in [0.25, 0.3) is 0 Å². The molecule has 1 aromatic heterocycles. The van der Waals surface area contributed by atoms with Gasteiger partial charge in [0.2, 0.25) is 5.91 Å². The summed E-state index contributed by atoms with van der Waals surface area (Å²) in [6.45, 7) is 1.65. The lowest BCUT2D eigenvalue weighted by Gasteiger charge is -2.09. The zero-order valence-corrected chi connectivity index (χ0v) is 8.36. The highest BCUT2D eigenvalue weighted by atomic mass is 16.2. The third-order valence-corrected chi connectivity index (χ3v) is 2.45. The SMILES string of the molecule is Nc1cccc(NC(=O)C2CCNC2)n1. The Hall–Kier alpha value is -1.62. The summed E-state index contributed by atoms with van der Waals surface area (Å²) in [7, 11) is 0. The summed E-state index contributed by atoms with van der Waals surface area (Å²) in [5.41, 5.74) is 5.51. The number of pyridine rings is 1. The molecular weight excluding hydrogens is 192 g/mol. The van der Waals surface area contributed by atoms with E-state index in [2.05, 4.69) is 15.6 Å². The molecule has 0 aliphatic carbocycles. The Kier molecular flexibility index (Phi) is 2.82. The minimum atomic E-state index is 0.0121. The summed E-state index contributed by atoms with van der Waals surface area (Å²) < 4.78 is 0. The average Bonchev–Trinajstić information content (AvgIpc) is 2.70. The van der Waals surface area contributed by atoms with E-state index in [-0.39, 0.29) is 11.8 Å². The molecule has 1 unspecified atom stereocenters. The van der Waals surface area contributed by atoms with Gasteiger partial charge in [-0.05, 0) is 25.1 Å². The summed E-state index contributed by atoms with van der Waals surface area (Å²) in [5.74, 6) is 0.996. The fraction of sp³-hybridized carbons (Fsp3) is 0.400. The van der Waals surface area contributed by atoms with Crippen LogP contribution in [-0.2, 0) is 4.79 Å². The van der Waals surface area contributed by atoms with Crippen molar-refractivity contribution in [1.82, 2.24) is 10.3 Å². The van der Waals surface area contributed by atoms with E-state index in [9.17, 15) is 4.79 Å². The van der Waals surface area contributed by atoms with Crippen molar-refractivity contribution >= 4 is 17.5 Å². The maximum Gasteiger partial charge on any atom is 0.229 e. The Balaban J connectivity index is 1.99. The second-order valence-corrected chi connectivity index (χ2v) is 3.63. The molecule has 5 nitrogen and oxygen atoms in total. The molecule has 5 heteroatoms. The molecule has 80 valence electrons. The van der Waals surface area contributed by atoms with E-state index in [4.69, 9.17) is 5.73 Å². The Morgan fingerprint density at radius 1 is 1.60 bits per heavy atom. The fourth-order valence-electron chi connectivity index (χ4n) is 1.63. The van der Waals surface area contributed by atoms with E-state index in [1.165, 1.54) is 0 Å². The number of aromatic nitrogens is 1. The Morgan fingerprint density at radius 3 is 3.13 bits per heavy atom. The zero-order valence-electron chi connectivity index (χ0n) is 8.36. The predicted octanol–water partition coefficient (Wildman–Crippen LogP) is 0.212. The van der Waals surface area contributed by atoms with Crippen molar-refractivity contribution in [2.45, 2.75) is 6.42 Å². The van der Waals surface area contributed by atoms with Crippen LogP contribution in [0.15, 0.2) is 18.2 Å². The van der Waals surface area contributed by atoms with Crippen LogP contribution in [0.2, 0.25) is 0 Å². The van der Waals surface area contributed by atoms with E-state index in [1.54, 1.807) is 18.2 Å². The lowest BCUT2D eigenvalue weighted by atomic mass is 10.1. The van der Waals surface area contributed by atoms with Crippen LogP contribution in [0, 0.1) is 5.92 Å². The van der Waals surface area contributed by atoms with Gasteiger partial charge in [-0.3, -0.25) is 4.79 Å².